The minimum atomic E-state index is -1.43. The molecule has 0 heterocycles. The van der Waals surface area contributed by atoms with E-state index in [1.54, 1.807) is 6.08 Å². The Labute approximate surface area is 42.5 Å². The van der Waals surface area contributed by atoms with E-state index in [0.717, 1.165) is 4.44 Å². The molecular weight excluding hydrogens is 171 g/mol. The summed E-state index contributed by atoms with van der Waals surface area (Å²) in [5, 5.41) is 0. The Bertz CT molecular complexity index is 28.1. The van der Waals surface area contributed by atoms with E-state index in [2.05, 4.69) is 6.58 Å². The second-order valence-corrected chi connectivity index (χ2v) is 3.59. The van der Waals surface area contributed by atoms with Crippen LogP contribution >= 0.6 is 0 Å². The predicted octanol–water partition coefficient (Wildman–Crippen LogP) is 0.105. The van der Waals surface area contributed by atoms with Crippen LogP contribution in [0.2, 0.25) is 4.44 Å². The van der Waals surface area contributed by atoms with Gasteiger partial charge in [0.1, 0.15) is 0 Å². The fraction of sp³-hybridized carbons (Fsp3) is 0.333. The molecule has 0 fully saturated rings. The summed E-state index contributed by atoms with van der Waals surface area (Å²) in [5.74, 6) is 0. The van der Waals surface area contributed by atoms with E-state index in [1.165, 1.54) is 0 Å². The van der Waals surface area contributed by atoms with E-state index in [1.807, 2.05) is 0 Å². The van der Waals surface area contributed by atoms with E-state index in [0.29, 0.717) is 0 Å². The van der Waals surface area contributed by atoms with Crippen molar-refractivity contribution in [2.24, 2.45) is 0 Å². The molecule has 1 radical (unpaired) electrons. The second-order valence-electron chi connectivity index (χ2n) is 0.781. The molecule has 0 aliphatic carbocycles. The van der Waals surface area contributed by atoms with Gasteiger partial charge in [0.15, 0.2) is 0 Å². The van der Waals surface area contributed by atoms with E-state index in [-0.39, 0.29) is 0 Å². The maximum absolute atomic E-state index is 9.67. The average Bonchev–Trinajstić information content (AvgIpc) is 1.41. The molecule has 0 aliphatic rings. The molecule has 2 heteroatoms. The summed E-state index contributed by atoms with van der Waals surface area (Å²) in [6.45, 7) is 3.40. The minimum absolute atomic E-state index is 0.807. The molecule has 0 N–H and O–H groups in total. The summed E-state index contributed by atoms with van der Waals surface area (Å²) in [5.41, 5.74) is 0. The predicted molar refractivity (Wildman–Crippen MR) is 24.2 cm³/mol. The van der Waals surface area contributed by atoms with Gasteiger partial charge in [0, 0.05) is 0 Å². The quantitative estimate of drug-likeness (QED) is 0.422. The molecule has 0 atom stereocenters. The summed E-state index contributed by atoms with van der Waals surface area (Å²) in [7, 11) is 0. The first-order chi connectivity index (χ1) is 2.41. The van der Waals surface area contributed by atoms with Crippen molar-refractivity contribution in [1.29, 1.82) is 0 Å². The zero-order valence-corrected chi connectivity index (χ0v) is 7.14. The summed E-state index contributed by atoms with van der Waals surface area (Å²) < 4.78 is 10.5. The van der Waals surface area contributed by atoms with Gasteiger partial charge in [0.25, 0.3) is 0 Å². The van der Waals surface area contributed by atoms with E-state index in [4.69, 9.17) is 0 Å². The Balaban J connectivity index is 2.40. The summed E-state index contributed by atoms with van der Waals surface area (Å²) in [4.78, 5) is 0. The molecule has 0 rings (SSSR count). The van der Waals surface area contributed by atoms with Gasteiger partial charge >= 0.3 is 42.1 Å². The van der Waals surface area contributed by atoms with Crippen LogP contribution in [0.3, 0.4) is 0 Å². The van der Waals surface area contributed by atoms with Crippen LogP contribution in [-0.4, -0.2) is 21.6 Å². The molecule has 0 bridgehead atoms. The van der Waals surface area contributed by atoms with Crippen LogP contribution in [-0.2, 0) is 3.44 Å². The molecule has 0 aromatic heterocycles. The molecule has 0 aromatic rings. The molecule has 29 valence electrons. The first kappa shape index (κ1) is 5.50. The molecule has 5 heavy (non-hydrogen) atoms. The van der Waals surface area contributed by atoms with E-state index >= 15 is 0 Å². The monoisotopic (exact) mass is 179 g/mol. The first-order valence-corrected chi connectivity index (χ1v) is 6.11. The van der Waals surface area contributed by atoms with E-state index < -0.39 is 21.6 Å². The van der Waals surface area contributed by atoms with Gasteiger partial charge in [0.05, 0.1) is 0 Å². The number of rotatable bonds is 2. The average molecular weight is 178 g/mol. The molecule has 0 spiro atoms. The standard InChI is InChI=1S/C3H5.O.Sn.2H/c1-3-2;;;;/h3H,1-2H2;;;;. The summed E-state index contributed by atoms with van der Waals surface area (Å²) in [6, 6.07) is 0. The van der Waals surface area contributed by atoms with Crippen molar-refractivity contribution in [2.45, 2.75) is 4.44 Å². The van der Waals surface area contributed by atoms with Crippen LogP contribution in [0.15, 0.2) is 12.7 Å². The third kappa shape index (κ3) is 4.50. The third-order valence-corrected chi connectivity index (χ3v) is 2.16. The first-order valence-electron chi connectivity index (χ1n) is 1.61. The fourth-order valence-corrected chi connectivity index (χ4v) is 0.559. The van der Waals surface area contributed by atoms with Crippen molar-refractivity contribution in [2.75, 3.05) is 0 Å². The SMILES string of the molecule is C=C[CH2][SnH2][O]. The maximum atomic E-state index is 9.67. The van der Waals surface area contributed by atoms with Crippen LogP contribution < -0.4 is 0 Å². The van der Waals surface area contributed by atoms with Crippen molar-refractivity contribution in [3.8, 4) is 0 Å². The van der Waals surface area contributed by atoms with Gasteiger partial charge in [-0.2, -0.15) is 0 Å². The molecule has 0 aliphatic heterocycles. The third-order valence-electron chi connectivity index (χ3n) is 0.322. The van der Waals surface area contributed by atoms with Crippen molar-refractivity contribution in [3.63, 3.8) is 0 Å². The van der Waals surface area contributed by atoms with Crippen LogP contribution in [0.1, 0.15) is 0 Å². The Kier molecular flexibility index (Phi) is 4.95. The molecular formula is C3H7OSn. The van der Waals surface area contributed by atoms with Crippen molar-refractivity contribution < 1.29 is 3.44 Å². The van der Waals surface area contributed by atoms with Gasteiger partial charge < -0.3 is 0 Å². The van der Waals surface area contributed by atoms with Gasteiger partial charge in [-0.05, 0) is 0 Å². The normalized spacial score (nSPS) is 9.80. The van der Waals surface area contributed by atoms with Crippen LogP contribution in [0.4, 0.5) is 0 Å². The summed E-state index contributed by atoms with van der Waals surface area (Å²) in [6.07, 6.45) is 1.71. The van der Waals surface area contributed by atoms with Crippen LogP contribution in [0.25, 0.3) is 0 Å². The Hall–Kier alpha value is 0.499. The fourth-order valence-electron chi connectivity index (χ4n) is 0.0833. The molecule has 0 saturated carbocycles. The molecule has 0 amide bonds. The molecule has 0 aromatic carbocycles. The van der Waals surface area contributed by atoms with Crippen LogP contribution in [0.5, 0.6) is 0 Å². The van der Waals surface area contributed by atoms with Crippen molar-refractivity contribution in [3.05, 3.63) is 12.7 Å². The molecule has 0 unspecified atom stereocenters. The second kappa shape index (κ2) is 4.50. The van der Waals surface area contributed by atoms with Gasteiger partial charge in [-0.1, -0.05) is 0 Å². The van der Waals surface area contributed by atoms with Gasteiger partial charge in [-0.15, -0.1) is 0 Å². The zero-order chi connectivity index (χ0) is 4.12. The van der Waals surface area contributed by atoms with Crippen molar-refractivity contribution in [1.82, 2.24) is 0 Å². The molecule has 1 nitrogen and oxygen atoms in total. The van der Waals surface area contributed by atoms with Crippen molar-refractivity contribution >= 4 is 21.6 Å². The Morgan fingerprint density at radius 3 is 2.60 bits per heavy atom. The Morgan fingerprint density at radius 1 is 2.00 bits per heavy atom. The van der Waals surface area contributed by atoms with Gasteiger partial charge in [-0.25, -0.2) is 0 Å². The number of hydrogen-bond acceptors (Lipinski definition) is 0. The zero-order valence-electron chi connectivity index (χ0n) is 3.11. The van der Waals surface area contributed by atoms with Crippen LogP contribution in [0, 0.1) is 0 Å². The van der Waals surface area contributed by atoms with Gasteiger partial charge in [-0.3, -0.25) is 0 Å². The molecule has 0 saturated heterocycles. The van der Waals surface area contributed by atoms with Gasteiger partial charge in [0.2, 0.25) is 0 Å². The number of hydrogen-bond donors (Lipinski definition) is 0. The topological polar surface area (TPSA) is 19.9 Å². The number of allylic oxidation sites excluding steroid dienone is 1. The Morgan fingerprint density at radius 2 is 2.60 bits per heavy atom. The van der Waals surface area contributed by atoms with E-state index in [9.17, 15) is 3.44 Å². The summed E-state index contributed by atoms with van der Waals surface area (Å²) >= 11 is -1.43.